The fourth-order valence-corrected chi connectivity index (χ4v) is 4.80. The highest BCUT2D eigenvalue weighted by Gasteiger charge is 2.40. The van der Waals surface area contributed by atoms with Gasteiger partial charge in [0.1, 0.15) is 5.75 Å². The van der Waals surface area contributed by atoms with E-state index in [2.05, 4.69) is 4.72 Å². The quantitative estimate of drug-likeness (QED) is 0.518. The SMILES string of the molecule is CN(Cc1ccccc1)C(=O)C[C@]1(COc2cccc(Cl)c2)CCCN(C(=O)CNS(C)(=O)=O)C1. The number of nitrogens with one attached hydrogen (secondary N) is 1. The van der Waals surface area contributed by atoms with Crippen molar-refractivity contribution in [2.75, 3.05) is 39.5 Å². The summed E-state index contributed by atoms with van der Waals surface area (Å²) in [6.07, 6.45) is 2.59. The van der Waals surface area contributed by atoms with E-state index >= 15 is 0 Å². The first-order chi connectivity index (χ1) is 16.6. The number of hydrogen-bond donors (Lipinski definition) is 1. The lowest BCUT2D eigenvalue weighted by molar-refractivity contribution is -0.140. The van der Waals surface area contributed by atoms with Crippen molar-refractivity contribution >= 4 is 33.4 Å². The van der Waals surface area contributed by atoms with E-state index in [1.165, 1.54) is 0 Å². The zero-order valence-corrected chi connectivity index (χ0v) is 21.6. The Bertz CT molecular complexity index is 1130. The molecule has 0 spiro atoms. The van der Waals surface area contributed by atoms with Crippen LogP contribution in [-0.4, -0.2) is 69.6 Å². The summed E-state index contributed by atoms with van der Waals surface area (Å²) in [7, 11) is -1.73. The predicted octanol–water partition coefficient (Wildman–Crippen LogP) is 2.93. The molecule has 1 saturated heterocycles. The highest BCUT2D eigenvalue weighted by atomic mass is 35.5. The highest BCUT2D eigenvalue weighted by Crippen LogP contribution is 2.35. The molecule has 1 aliphatic heterocycles. The largest absolute Gasteiger partial charge is 0.493 e. The molecule has 0 saturated carbocycles. The van der Waals surface area contributed by atoms with E-state index in [0.717, 1.165) is 11.8 Å². The van der Waals surface area contributed by atoms with E-state index in [1.54, 1.807) is 41.1 Å². The number of carbonyl (C=O) groups excluding carboxylic acids is 2. The molecule has 0 bridgehead atoms. The summed E-state index contributed by atoms with van der Waals surface area (Å²) in [6.45, 7) is 1.18. The molecular weight excluding hydrogens is 490 g/mol. The molecular formula is C25H32ClN3O5S. The molecule has 35 heavy (non-hydrogen) atoms. The van der Waals surface area contributed by atoms with Gasteiger partial charge in [0.05, 0.1) is 19.4 Å². The fraction of sp³-hybridized carbons (Fsp3) is 0.440. The molecule has 0 aromatic heterocycles. The number of benzene rings is 2. The van der Waals surface area contributed by atoms with E-state index in [-0.39, 0.29) is 31.4 Å². The smallest absolute Gasteiger partial charge is 0.237 e. The average Bonchev–Trinajstić information content (AvgIpc) is 2.81. The minimum atomic E-state index is -3.49. The van der Waals surface area contributed by atoms with Gasteiger partial charge in [0.2, 0.25) is 21.8 Å². The summed E-state index contributed by atoms with van der Waals surface area (Å²) in [5, 5.41) is 0.544. The monoisotopic (exact) mass is 521 g/mol. The number of piperidine rings is 1. The molecule has 0 aliphatic carbocycles. The standard InChI is InChI=1S/C25H32ClN3O5S/c1-28(17-20-8-4-3-5-9-20)23(30)15-25(19-34-22-11-6-10-21(26)14-22)12-7-13-29(18-25)24(31)16-27-35(2,32)33/h3-6,8-11,14,27H,7,12-13,15-19H2,1-2H3/t25-/m1/s1. The van der Waals surface area contributed by atoms with Gasteiger partial charge in [-0.1, -0.05) is 48.0 Å². The minimum absolute atomic E-state index is 0.0490. The Hall–Kier alpha value is -2.62. The zero-order chi connectivity index (χ0) is 25.5. The van der Waals surface area contributed by atoms with Crippen LogP contribution in [0.3, 0.4) is 0 Å². The van der Waals surface area contributed by atoms with Gasteiger partial charge in [-0.3, -0.25) is 9.59 Å². The molecule has 2 aromatic carbocycles. The average molecular weight is 522 g/mol. The number of ether oxygens (including phenoxy) is 1. The number of rotatable bonds is 10. The zero-order valence-electron chi connectivity index (χ0n) is 20.1. The second-order valence-electron chi connectivity index (χ2n) is 9.17. The Labute approximate surface area is 212 Å². The van der Waals surface area contributed by atoms with Crippen molar-refractivity contribution in [3.63, 3.8) is 0 Å². The molecule has 1 aliphatic rings. The Morgan fingerprint density at radius 2 is 1.91 bits per heavy atom. The third-order valence-corrected chi connectivity index (χ3v) is 6.96. The van der Waals surface area contributed by atoms with Crippen LogP contribution < -0.4 is 9.46 Å². The highest BCUT2D eigenvalue weighted by molar-refractivity contribution is 7.88. The summed E-state index contributed by atoms with van der Waals surface area (Å²) >= 11 is 6.09. The van der Waals surface area contributed by atoms with E-state index in [4.69, 9.17) is 16.3 Å². The molecule has 10 heteroatoms. The lowest BCUT2D eigenvalue weighted by Gasteiger charge is -2.43. The first kappa shape index (κ1) is 27.0. The van der Waals surface area contributed by atoms with Gasteiger partial charge in [-0.05, 0) is 36.6 Å². The fourth-order valence-electron chi connectivity index (χ4n) is 4.23. The third kappa shape index (κ3) is 8.52. The van der Waals surface area contributed by atoms with Crippen LogP contribution in [0.1, 0.15) is 24.8 Å². The van der Waals surface area contributed by atoms with Crippen molar-refractivity contribution in [3.8, 4) is 5.75 Å². The number of hydrogen-bond acceptors (Lipinski definition) is 5. The maximum absolute atomic E-state index is 13.3. The van der Waals surface area contributed by atoms with Gasteiger partial charge in [0.25, 0.3) is 0 Å². The van der Waals surface area contributed by atoms with Gasteiger partial charge in [-0.2, -0.15) is 0 Å². The maximum atomic E-state index is 13.3. The summed E-state index contributed by atoms with van der Waals surface area (Å²) in [5.41, 5.74) is 0.406. The first-order valence-corrected chi connectivity index (χ1v) is 13.7. The number of sulfonamides is 1. The summed E-state index contributed by atoms with van der Waals surface area (Å²) in [6, 6.07) is 16.8. The third-order valence-electron chi connectivity index (χ3n) is 6.06. The van der Waals surface area contributed by atoms with Gasteiger partial charge in [0.15, 0.2) is 0 Å². The van der Waals surface area contributed by atoms with Crippen LogP contribution in [0.4, 0.5) is 0 Å². The minimum Gasteiger partial charge on any atom is -0.493 e. The van der Waals surface area contributed by atoms with Crippen molar-refractivity contribution in [1.29, 1.82) is 0 Å². The second kappa shape index (κ2) is 11.9. The lowest BCUT2D eigenvalue weighted by atomic mass is 9.77. The lowest BCUT2D eigenvalue weighted by Crippen LogP contribution is -2.52. The summed E-state index contributed by atoms with van der Waals surface area (Å²) in [5.74, 6) is 0.212. The Kier molecular flexibility index (Phi) is 9.15. The number of halogens is 1. The molecule has 3 rings (SSSR count). The molecule has 1 fully saturated rings. The number of likely N-dealkylation sites (tertiary alicyclic amines) is 1. The Balaban J connectivity index is 1.75. The molecule has 1 heterocycles. The number of amides is 2. The van der Waals surface area contributed by atoms with Gasteiger partial charge >= 0.3 is 0 Å². The molecule has 0 unspecified atom stereocenters. The van der Waals surface area contributed by atoms with Crippen LogP contribution in [0, 0.1) is 5.41 Å². The van der Waals surface area contributed by atoms with Crippen LogP contribution in [0.15, 0.2) is 54.6 Å². The van der Waals surface area contributed by atoms with Crippen LogP contribution in [0.2, 0.25) is 5.02 Å². The molecule has 0 radical (unpaired) electrons. The van der Waals surface area contributed by atoms with E-state index in [1.807, 2.05) is 30.3 Å². The Morgan fingerprint density at radius 1 is 1.17 bits per heavy atom. The van der Waals surface area contributed by atoms with Crippen molar-refractivity contribution in [3.05, 3.63) is 65.2 Å². The maximum Gasteiger partial charge on any atom is 0.237 e. The second-order valence-corrected chi connectivity index (χ2v) is 11.4. The first-order valence-electron chi connectivity index (χ1n) is 11.4. The van der Waals surface area contributed by atoms with Crippen molar-refractivity contribution in [2.24, 2.45) is 5.41 Å². The van der Waals surface area contributed by atoms with Crippen LogP contribution in [0.5, 0.6) is 5.75 Å². The van der Waals surface area contributed by atoms with Crippen LogP contribution in [0.25, 0.3) is 0 Å². The Morgan fingerprint density at radius 3 is 2.60 bits per heavy atom. The van der Waals surface area contributed by atoms with Crippen molar-refractivity contribution in [1.82, 2.24) is 14.5 Å². The molecule has 190 valence electrons. The van der Waals surface area contributed by atoms with Gasteiger partial charge in [-0.15, -0.1) is 0 Å². The predicted molar refractivity (Wildman–Crippen MR) is 136 cm³/mol. The van der Waals surface area contributed by atoms with Crippen molar-refractivity contribution < 1.29 is 22.7 Å². The van der Waals surface area contributed by atoms with Gasteiger partial charge in [0, 0.05) is 43.5 Å². The van der Waals surface area contributed by atoms with Gasteiger partial charge in [-0.25, -0.2) is 13.1 Å². The molecule has 8 nitrogen and oxygen atoms in total. The van der Waals surface area contributed by atoms with E-state index in [9.17, 15) is 18.0 Å². The molecule has 2 aromatic rings. The summed E-state index contributed by atoms with van der Waals surface area (Å²) < 4.78 is 31.2. The number of nitrogens with zero attached hydrogens (tertiary/aromatic N) is 2. The normalized spacial score (nSPS) is 18.2. The molecule has 1 atom stereocenters. The molecule has 2 amide bonds. The van der Waals surface area contributed by atoms with Gasteiger partial charge < -0.3 is 14.5 Å². The van der Waals surface area contributed by atoms with Crippen molar-refractivity contribution in [2.45, 2.75) is 25.8 Å². The van der Waals surface area contributed by atoms with E-state index < -0.39 is 15.4 Å². The summed E-state index contributed by atoms with van der Waals surface area (Å²) in [4.78, 5) is 29.3. The topological polar surface area (TPSA) is 96.0 Å². The van der Waals surface area contributed by atoms with Crippen LogP contribution >= 0.6 is 11.6 Å². The number of carbonyl (C=O) groups is 2. The van der Waals surface area contributed by atoms with Crippen LogP contribution in [-0.2, 0) is 26.2 Å². The van der Waals surface area contributed by atoms with E-state index in [0.29, 0.717) is 43.2 Å². The molecule has 1 N–H and O–H groups in total.